The van der Waals surface area contributed by atoms with Crippen molar-refractivity contribution in [3.63, 3.8) is 0 Å². The molecule has 0 aromatic carbocycles. The zero-order valence-electron chi connectivity index (χ0n) is 8.38. The first kappa shape index (κ1) is 11.8. The highest BCUT2D eigenvalue weighted by atomic mass is 19.4. The van der Waals surface area contributed by atoms with Crippen molar-refractivity contribution in [2.24, 2.45) is 0 Å². The van der Waals surface area contributed by atoms with Crippen LogP contribution in [0, 0.1) is 0 Å². The summed E-state index contributed by atoms with van der Waals surface area (Å²) in [5, 5.41) is 7.29. The van der Waals surface area contributed by atoms with E-state index in [1.54, 1.807) is 0 Å². The van der Waals surface area contributed by atoms with Gasteiger partial charge < -0.3 is 5.73 Å². The Morgan fingerprint density at radius 3 is 2.60 bits per heavy atom. The van der Waals surface area contributed by atoms with Gasteiger partial charge in [0.1, 0.15) is 0 Å². The Morgan fingerprint density at radius 2 is 2.07 bits per heavy atom. The van der Waals surface area contributed by atoms with E-state index in [1.807, 2.05) is 6.92 Å². The molecule has 1 rings (SSSR count). The van der Waals surface area contributed by atoms with E-state index in [1.165, 1.54) is 4.68 Å². The quantitative estimate of drug-likeness (QED) is 0.844. The van der Waals surface area contributed by atoms with E-state index in [2.05, 4.69) is 10.3 Å². The van der Waals surface area contributed by atoms with Crippen LogP contribution >= 0.6 is 0 Å². The van der Waals surface area contributed by atoms with E-state index in [4.69, 9.17) is 5.73 Å². The van der Waals surface area contributed by atoms with Crippen LogP contribution in [-0.2, 0) is 13.0 Å². The second-order valence-corrected chi connectivity index (χ2v) is 3.22. The van der Waals surface area contributed by atoms with Gasteiger partial charge in [-0.25, -0.2) is 4.68 Å². The van der Waals surface area contributed by atoms with Crippen molar-refractivity contribution in [3.8, 4) is 0 Å². The van der Waals surface area contributed by atoms with E-state index in [0.29, 0.717) is 17.9 Å². The number of nitrogens with two attached hydrogens (primary N) is 1. The van der Waals surface area contributed by atoms with Gasteiger partial charge in [0.2, 0.25) is 0 Å². The zero-order chi connectivity index (χ0) is 11.5. The summed E-state index contributed by atoms with van der Waals surface area (Å²) in [6, 6.07) is 0. The molecule has 2 N–H and O–H groups in total. The maximum Gasteiger partial charge on any atom is 0.389 e. The van der Waals surface area contributed by atoms with Crippen molar-refractivity contribution in [1.82, 2.24) is 15.0 Å². The first-order valence-corrected chi connectivity index (χ1v) is 4.68. The first-order valence-electron chi connectivity index (χ1n) is 4.68. The summed E-state index contributed by atoms with van der Waals surface area (Å²) in [6.07, 6.45) is -4.31. The van der Waals surface area contributed by atoms with Gasteiger partial charge in [0.05, 0.1) is 5.69 Å². The topological polar surface area (TPSA) is 56.7 Å². The number of halogens is 3. The maximum absolute atomic E-state index is 11.9. The van der Waals surface area contributed by atoms with Crippen molar-refractivity contribution in [3.05, 3.63) is 5.69 Å². The molecule has 86 valence electrons. The van der Waals surface area contributed by atoms with Gasteiger partial charge in [-0.1, -0.05) is 12.1 Å². The molecule has 0 bridgehead atoms. The molecule has 0 radical (unpaired) electrons. The Bertz CT molecular complexity index is 318. The Balaban J connectivity index is 2.51. The summed E-state index contributed by atoms with van der Waals surface area (Å²) in [5.74, 6) is 0.296. The second kappa shape index (κ2) is 4.50. The fourth-order valence-electron chi connectivity index (χ4n) is 1.32. The van der Waals surface area contributed by atoms with Gasteiger partial charge in [-0.15, -0.1) is 5.10 Å². The molecular weight excluding hydrogens is 209 g/mol. The Morgan fingerprint density at radius 1 is 1.40 bits per heavy atom. The minimum absolute atomic E-state index is 0.000694. The van der Waals surface area contributed by atoms with Gasteiger partial charge in [0, 0.05) is 13.0 Å². The highest BCUT2D eigenvalue weighted by molar-refractivity contribution is 5.32. The van der Waals surface area contributed by atoms with E-state index in [0.717, 1.165) is 0 Å². The normalized spacial score (nSPS) is 12.0. The molecule has 0 fully saturated rings. The zero-order valence-corrected chi connectivity index (χ0v) is 8.38. The molecule has 0 saturated carbocycles. The predicted molar refractivity (Wildman–Crippen MR) is 49.1 cm³/mol. The average molecular weight is 222 g/mol. The summed E-state index contributed by atoms with van der Waals surface area (Å²) in [5.41, 5.74) is 6.18. The fraction of sp³-hybridized carbons (Fsp3) is 0.750. The van der Waals surface area contributed by atoms with Gasteiger partial charge in [0.25, 0.3) is 0 Å². The standard InChI is InChI=1S/C8H13F3N4/c1-2-6-7(12)13-14-15(6)5-3-4-8(9,10)11/h2-5,12H2,1H3. The summed E-state index contributed by atoms with van der Waals surface area (Å²) in [4.78, 5) is 0. The van der Waals surface area contributed by atoms with Crippen molar-refractivity contribution in [2.45, 2.75) is 38.9 Å². The summed E-state index contributed by atoms with van der Waals surface area (Å²) in [7, 11) is 0. The summed E-state index contributed by atoms with van der Waals surface area (Å²) < 4.78 is 37.1. The van der Waals surface area contributed by atoms with Crippen LogP contribution in [0.3, 0.4) is 0 Å². The second-order valence-electron chi connectivity index (χ2n) is 3.22. The van der Waals surface area contributed by atoms with Crippen molar-refractivity contribution in [2.75, 3.05) is 5.73 Å². The lowest BCUT2D eigenvalue weighted by atomic mass is 10.3. The van der Waals surface area contributed by atoms with Crippen LogP contribution in [0.5, 0.6) is 0 Å². The molecule has 0 atom stereocenters. The molecule has 0 aliphatic heterocycles. The highest BCUT2D eigenvalue weighted by Gasteiger charge is 2.26. The number of alkyl halides is 3. The number of hydrogen-bond donors (Lipinski definition) is 1. The molecule has 0 saturated heterocycles. The van der Waals surface area contributed by atoms with Crippen molar-refractivity contribution < 1.29 is 13.2 Å². The van der Waals surface area contributed by atoms with E-state index < -0.39 is 12.6 Å². The number of rotatable bonds is 4. The average Bonchev–Trinajstić information content (AvgIpc) is 2.44. The van der Waals surface area contributed by atoms with Crippen LogP contribution in [0.25, 0.3) is 0 Å². The third-order valence-electron chi connectivity index (χ3n) is 2.03. The molecule has 0 amide bonds. The molecule has 0 aliphatic rings. The van der Waals surface area contributed by atoms with Crippen molar-refractivity contribution in [1.29, 1.82) is 0 Å². The van der Waals surface area contributed by atoms with Gasteiger partial charge in [-0.05, 0) is 12.8 Å². The third kappa shape index (κ3) is 3.41. The molecule has 0 unspecified atom stereocenters. The lowest BCUT2D eigenvalue weighted by Gasteiger charge is -2.07. The van der Waals surface area contributed by atoms with Gasteiger partial charge in [-0.2, -0.15) is 13.2 Å². The van der Waals surface area contributed by atoms with Gasteiger partial charge >= 0.3 is 6.18 Å². The Labute approximate surface area is 85.3 Å². The van der Waals surface area contributed by atoms with Crippen LogP contribution in [0.15, 0.2) is 0 Å². The number of nitrogen functional groups attached to an aromatic ring is 1. The molecule has 15 heavy (non-hydrogen) atoms. The van der Waals surface area contributed by atoms with Crippen LogP contribution in [0.4, 0.5) is 19.0 Å². The van der Waals surface area contributed by atoms with E-state index in [9.17, 15) is 13.2 Å². The van der Waals surface area contributed by atoms with E-state index in [-0.39, 0.29) is 13.0 Å². The van der Waals surface area contributed by atoms with Crippen LogP contribution in [0.2, 0.25) is 0 Å². The number of nitrogens with zero attached hydrogens (tertiary/aromatic N) is 3. The Hall–Kier alpha value is -1.27. The predicted octanol–water partition coefficient (Wildman–Crippen LogP) is 1.77. The summed E-state index contributed by atoms with van der Waals surface area (Å²) in [6.45, 7) is 2.06. The lowest BCUT2D eigenvalue weighted by molar-refractivity contribution is -0.136. The molecule has 7 heteroatoms. The Kier molecular flexibility index (Phi) is 3.54. The minimum Gasteiger partial charge on any atom is -0.381 e. The molecule has 0 aliphatic carbocycles. The molecule has 4 nitrogen and oxygen atoms in total. The fourth-order valence-corrected chi connectivity index (χ4v) is 1.32. The lowest BCUT2D eigenvalue weighted by Crippen LogP contribution is -2.11. The molecule has 1 aromatic rings. The molecule has 0 spiro atoms. The first-order chi connectivity index (χ1) is 6.94. The number of aromatic nitrogens is 3. The minimum atomic E-state index is -4.11. The van der Waals surface area contributed by atoms with Crippen LogP contribution < -0.4 is 5.73 Å². The molecular formula is C8H13F3N4. The van der Waals surface area contributed by atoms with Crippen LogP contribution in [-0.4, -0.2) is 21.2 Å². The monoisotopic (exact) mass is 222 g/mol. The molecule has 1 heterocycles. The summed E-state index contributed by atoms with van der Waals surface area (Å²) >= 11 is 0. The van der Waals surface area contributed by atoms with Gasteiger partial charge in [-0.3, -0.25) is 0 Å². The third-order valence-corrected chi connectivity index (χ3v) is 2.03. The smallest absolute Gasteiger partial charge is 0.381 e. The maximum atomic E-state index is 11.9. The largest absolute Gasteiger partial charge is 0.389 e. The number of aryl methyl sites for hydroxylation is 1. The van der Waals surface area contributed by atoms with Gasteiger partial charge in [0.15, 0.2) is 5.82 Å². The van der Waals surface area contributed by atoms with Crippen molar-refractivity contribution >= 4 is 5.82 Å². The number of anilines is 1. The number of hydrogen-bond acceptors (Lipinski definition) is 3. The molecule has 1 aromatic heterocycles. The SMILES string of the molecule is CCc1c(N)nnn1CCCC(F)(F)F. The van der Waals surface area contributed by atoms with E-state index >= 15 is 0 Å². The highest BCUT2D eigenvalue weighted by Crippen LogP contribution is 2.22. The van der Waals surface area contributed by atoms with Crippen LogP contribution in [0.1, 0.15) is 25.5 Å².